The Morgan fingerprint density at radius 3 is 2.50 bits per heavy atom. The molecular formula is C13H13F2N3O2. The second kappa shape index (κ2) is 4.66. The molecule has 5 nitrogen and oxygen atoms in total. The molecule has 0 aliphatic rings. The fraction of sp³-hybridized carbons (Fsp3) is 0.308. The first-order valence-electron chi connectivity index (χ1n) is 5.88. The second-order valence-corrected chi connectivity index (χ2v) is 4.73. The maximum absolute atomic E-state index is 13.1. The van der Waals surface area contributed by atoms with E-state index in [1.807, 2.05) is 0 Å². The zero-order valence-corrected chi connectivity index (χ0v) is 11.2. The van der Waals surface area contributed by atoms with Crippen molar-refractivity contribution in [2.75, 3.05) is 0 Å². The molecule has 2 aromatic rings. The molecular weight excluding hydrogens is 268 g/mol. The maximum atomic E-state index is 13.1. The van der Waals surface area contributed by atoms with E-state index >= 15 is 0 Å². The summed E-state index contributed by atoms with van der Waals surface area (Å²) in [7, 11) is 0. The van der Waals surface area contributed by atoms with Crippen molar-refractivity contribution >= 4 is 0 Å². The Kier molecular flexibility index (Phi) is 3.29. The molecule has 0 N–H and O–H groups in total. The van der Waals surface area contributed by atoms with Crippen molar-refractivity contribution < 1.29 is 13.5 Å². The van der Waals surface area contributed by atoms with E-state index in [1.165, 1.54) is 6.20 Å². The Labute approximate surface area is 113 Å². The number of hydrogen-bond acceptors (Lipinski definition) is 3. The van der Waals surface area contributed by atoms with Crippen molar-refractivity contribution in [2.24, 2.45) is 0 Å². The van der Waals surface area contributed by atoms with E-state index in [4.69, 9.17) is 0 Å². The summed E-state index contributed by atoms with van der Waals surface area (Å²) in [6.45, 7) is 4.06. The van der Waals surface area contributed by atoms with Gasteiger partial charge in [0.05, 0.1) is 18.0 Å². The fourth-order valence-electron chi connectivity index (χ4n) is 1.93. The summed E-state index contributed by atoms with van der Waals surface area (Å²) >= 11 is 0. The SMILES string of the molecule is Cc1cc(C)c(-n2ncc(C(C)(F)F)cc2=O)[n+]([O-])c1. The van der Waals surface area contributed by atoms with Crippen LogP contribution >= 0.6 is 0 Å². The van der Waals surface area contributed by atoms with Crippen LogP contribution in [-0.4, -0.2) is 9.78 Å². The van der Waals surface area contributed by atoms with Gasteiger partial charge in [0.25, 0.3) is 5.92 Å². The molecule has 2 aromatic heterocycles. The summed E-state index contributed by atoms with van der Waals surface area (Å²) in [6, 6.07) is 2.49. The van der Waals surface area contributed by atoms with Gasteiger partial charge in [-0.2, -0.15) is 0 Å². The monoisotopic (exact) mass is 281 g/mol. The highest BCUT2D eigenvalue weighted by Crippen LogP contribution is 2.24. The van der Waals surface area contributed by atoms with Crippen LogP contribution in [0.2, 0.25) is 0 Å². The molecule has 2 rings (SSSR count). The molecule has 0 fully saturated rings. The molecule has 0 bridgehead atoms. The van der Waals surface area contributed by atoms with Crippen molar-refractivity contribution in [1.29, 1.82) is 0 Å². The lowest BCUT2D eigenvalue weighted by Crippen LogP contribution is -2.38. The first-order valence-corrected chi connectivity index (χ1v) is 5.88. The summed E-state index contributed by atoms with van der Waals surface area (Å²) in [6.07, 6.45) is 2.18. The molecule has 106 valence electrons. The van der Waals surface area contributed by atoms with Gasteiger partial charge in [0.1, 0.15) is 0 Å². The van der Waals surface area contributed by atoms with Gasteiger partial charge in [0.2, 0.25) is 0 Å². The molecule has 0 spiro atoms. The molecule has 0 aliphatic carbocycles. The largest absolute Gasteiger partial charge is 0.711 e. The lowest BCUT2D eigenvalue weighted by molar-refractivity contribution is -0.601. The molecule has 0 saturated carbocycles. The van der Waals surface area contributed by atoms with Crippen LogP contribution in [0.4, 0.5) is 8.78 Å². The minimum Gasteiger partial charge on any atom is -0.711 e. The first kappa shape index (κ1) is 14.1. The number of rotatable bonds is 2. The summed E-state index contributed by atoms with van der Waals surface area (Å²) < 4.78 is 27.6. The number of pyridine rings is 1. The van der Waals surface area contributed by atoms with Crippen molar-refractivity contribution in [3.05, 3.63) is 56.8 Å². The minimum absolute atomic E-state index is 0.00608. The van der Waals surface area contributed by atoms with Crippen molar-refractivity contribution in [3.8, 4) is 5.82 Å². The Balaban J connectivity index is 2.64. The molecule has 0 saturated heterocycles. The predicted molar refractivity (Wildman–Crippen MR) is 67.8 cm³/mol. The quantitative estimate of drug-likeness (QED) is 0.620. The van der Waals surface area contributed by atoms with Gasteiger partial charge >= 0.3 is 11.4 Å². The van der Waals surface area contributed by atoms with Crippen LogP contribution in [0.5, 0.6) is 0 Å². The Bertz CT molecular complexity index is 697. The zero-order valence-electron chi connectivity index (χ0n) is 11.2. The van der Waals surface area contributed by atoms with E-state index in [-0.39, 0.29) is 5.82 Å². The first-order chi connectivity index (χ1) is 9.20. The number of hydrogen-bond donors (Lipinski definition) is 0. The average Bonchev–Trinajstić information content (AvgIpc) is 2.28. The van der Waals surface area contributed by atoms with Crippen molar-refractivity contribution in [1.82, 2.24) is 9.78 Å². The van der Waals surface area contributed by atoms with Gasteiger partial charge in [-0.05, 0) is 25.5 Å². The van der Waals surface area contributed by atoms with Crippen LogP contribution < -0.4 is 10.3 Å². The summed E-state index contributed by atoms with van der Waals surface area (Å²) in [5.74, 6) is -3.15. The summed E-state index contributed by atoms with van der Waals surface area (Å²) in [4.78, 5) is 11.9. The number of halogens is 2. The third-order valence-electron chi connectivity index (χ3n) is 2.83. The summed E-state index contributed by atoms with van der Waals surface area (Å²) in [5, 5.41) is 15.5. The Hall–Kier alpha value is -2.31. The smallest absolute Gasteiger partial charge is 0.359 e. The van der Waals surface area contributed by atoms with E-state index in [2.05, 4.69) is 5.10 Å². The Morgan fingerprint density at radius 1 is 1.35 bits per heavy atom. The molecule has 0 radical (unpaired) electrons. The third-order valence-corrected chi connectivity index (χ3v) is 2.83. The van der Waals surface area contributed by atoms with Gasteiger partial charge in [-0.1, -0.05) is 9.78 Å². The van der Waals surface area contributed by atoms with Crippen LogP contribution in [0.1, 0.15) is 23.6 Å². The normalized spacial score (nSPS) is 11.7. The molecule has 0 unspecified atom stereocenters. The summed E-state index contributed by atoms with van der Waals surface area (Å²) in [5.41, 5.74) is -0.00170. The zero-order chi connectivity index (χ0) is 15.1. The van der Waals surface area contributed by atoms with Gasteiger partial charge < -0.3 is 5.21 Å². The van der Waals surface area contributed by atoms with Crippen LogP contribution in [0.25, 0.3) is 5.82 Å². The fourth-order valence-corrected chi connectivity index (χ4v) is 1.93. The van der Waals surface area contributed by atoms with Crippen molar-refractivity contribution in [2.45, 2.75) is 26.7 Å². The molecule has 20 heavy (non-hydrogen) atoms. The highest BCUT2D eigenvalue weighted by Gasteiger charge is 2.27. The molecule has 0 aliphatic heterocycles. The van der Waals surface area contributed by atoms with E-state index in [0.29, 0.717) is 17.2 Å². The number of aromatic nitrogens is 3. The van der Waals surface area contributed by atoms with E-state index in [0.717, 1.165) is 22.5 Å². The van der Waals surface area contributed by atoms with Crippen LogP contribution in [0.3, 0.4) is 0 Å². The number of alkyl halides is 2. The topological polar surface area (TPSA) is 61.8 Å². The van der Waals surface area contributed by atoms with Gasteiger partial charge in [0.15, 0.2) is 0 Å². The van der Waals surface area contributed by atoms with E-state index < -0.39 is 17.0 Å². The van der Waals surface area contributed by atoms with Gasteiger partial charge in [-0.15, -0.1) is 0 Å². The van der Waals surface area contributed by atoms with Crippen LogP contribution in [0, 0.1) is 19.1 Å². The highest BCUT2D eigenvalue weighted by atomic mass is 19.3. The third kappa shape index (κ3) is 2.52. The van der Waals surface area contributed by atoms with Crippen LogP contribution in [-0.2, 0) is 5.92 Å². The number of aryl methyl sites for hydroxylation is 2. The lowest BCUT2D eigenvalue weighted by atomic mass is 10.2. The standard InChI is InChI=1S/C13H13F2N3O2/c1-8-4-9(2)12(17(20)7-8)18-11(19)5-10(6-16-18)13(3,14)15/h4-7H,1-3H3. The lowest BCUT2D eigenvalue weighted by Gasteiger charge is -2.12. The predicted octanol–water partition coefficient (Wildman–Crippen LogP) is 1.59. The minimum atomic E-state index is -3.15. The highest BCUT2D eigenvalue weighted by molar-refractivity contribution is 5.30. The van der Waals surface area contributed by atoms with Crippen molar-refractivity contribution in [3.63, 3.8) is 0 Å². The Morgan fingerprint density at radius 2 is 2.00 bits per heavy atom. The molecule has 0 amide bonds. The second-order valence-electron chi connectivity index (χ2n) is 4.73. The number of nitrogens with zero attached hydrogens (tertiary/aromatic N) is 3. The molecule has 2 heterocycles. The molecule has 0 aromatic carbocycles. The van der Waals surface area contributed by atoms with Gasteiger partial charge in [-0.3, -0.25) is 0 Å². The van der Waals surface area contributed by atoms with E-state index in [1.54, 1.807) is 19.9 Å². The van der Waals surface area contributed by atoms with Gasteiger partial charge in [-0.25, -0.2) is 18.3 Å². The average molecular weight is 281 g/mol. The molecule has 7 heteroatoms. The van der Waals surface area contributed by atoms with Crippen LogP contribution in [0.15, 0.2) is 29.3 Å². The maximum Gasteiger partial charge on any atom is 0.359 e. The van der Waals surface area contributed by atoms with E-state index in [9.17, 15) is 18.8 Å². The molecule has 0 atom stereocenters. The van der Waals surface area contributed by atoms with Gasteiger partial charge in [0, 0.05) is 18.6 Å².